The van der Waals surface area contributed by atoms with Gasteiger partial charge in [-0.25, -0.2) is 4.90 Å². The van der Waals surface area contributed by atoms with Gasteiger partial charge in [-0.15, -0.1) is 0 Å². The van der Waals surface area contributed by atoms with Crippen LogP contribution >= 0.6 is 23.1 Å². The molecule has 2 aromatic carbocycles. The number of imide groups is 1. The molecule has 2 unspecified atom stereocenters. The van der Waals surface area contributed by atoms with E-state index in [4.69, 9.17) is 4.74 Å². The molecule has 2 aliphatic heterocycles. The summed E-state index contributed by atoms with van der Waals surface area (Å²) in [5.41, 5.74) is 0.714. The number of thioether (sulfide) groups is 1. The minimum Gasteiger partial charge on any atom is -0.504 e. The molecule has 3 atom stereocenters. The SMILES string of the molecule is CCOc1cc([C@H]2c3sc(=O)[nH]c3SC3C(=O)N(c4ccc([N+](=O)[O-])cc4)C(=O)C32)ccc1O. The van der Waals surface area contributed by atoms with Gasteiger partial charge in [-0.1, -0.05) is 29.2 Å². The number of carbonyl (C=O) groups is 2. The third-order valence-corrected chi connectivity index (χ3v) is 8.19. The second-order valence-corrected chi connectivity index (χ2v) is 9.86. The zero-order valence-electron chi connectivity index (χ0n) is 17.6. The Morgan fingerprint density at radius 3 is 2.56 bits per heavy atom. The Hall–Kier alpha value is -3.64. The van der Waals surface area contributed by atoms with Gasteiger partial charge in [0.1, 0.15) is 5.25 Å². The van der Waals surface area contributed by atoms with Crippen molar-refractivity contribution in [3.8, 4) is 11.5 Å². The van der Waals surface area contributed by atoms with Gasteiger partial charge in [0.05, 0.1) is 28.2 Å². The predicted molar refractivity (Wildman–Crippen MR) is 125 cm³/mol. The molecule has 5 rings (SSSR count). The van der Waals surface area contributed by atoms with E-state index in [9.17, 15) is 29.6 Å². The number of phenolic OH excluding ortho intramolecular Hbond substituents is 1. The molecule has 10 nitrogen and oxygen atoms in total. The molecule has 34 heavy (non-hydrogen) atoms. The lowest BCUT2D eigenvalue weighted by atomic mass is 9.83. The average molecular weight is 500 g/mol. The summed E-state index contributed by atoms with van der Waals surface area (Å²) in [7, 11) is 0. The first-order chi connectivity index (χ1) is 16.3. The number of aromatic amines is 1. The number of aromatic nitrogens is 1. The lowest BCUT2D eigenvalue weighted by Crippen LogP contribution is -2.32. The first kappa shape index (κ1) is 22.2. The highest BCUT2D eigenvalue weighted by Gasteiger charge is 2.56. The zero-order chi connectivity index (χ0) is 24.1. The minimum absolute atomic E-state index is 0.0591. The summed E-state index contributed by atoms with van der Waals surface area (Å²) in [6.45, 7) is 2.09. The zero-order valence-corrected chi connectivity index (χ0v) is 19.2. The van der Waals surface area contributed by atoms with Crippen molar-refractivity contribution in [1.29, 1.82) is 0 Å². The average Bonchev–Trinajstić information content (AvgIpc) is 3.30. The van der Waals surface area contributed by atoms with Gasteiger partial charge in [-0.3, -0.25) is 24.5 Å². The molecule has 3 aromatic rings. The predicted octanol–water partition coefficient (Wildman–Crippen LogP) is 3.24. The van der Waals surface area contributed by atoms with Crippen molar-refractivity contribution in [3.05, 3.63) is 72.7 Å². The number of nitro groups is 1. The monoisotopic (exact) mass is 499 g/mol. The molecule has 0 spiro atoms. The van der Waals surface area contributed by atoms with Crippen LogP contribution in [0.2, 0.25) is 0 Å². The van der Waals surface area contributed by atoms with Gasteiger partial charge in [0, 0.05) is 22.9 Å². The van der Waals surface area contributed by atoms with Gasteiger partial charge in [-0.2, -0.15) is 0 Å². The molecule has 0 radical (unpaired) electrons. The molecule has 1 fully saturated rings. The number of hydrogen-bond donors (Lipinski definition) is 2. The van der Waals surface area contributed by atoms with E-state index in [1.807, 2.05) is 0 Å². The Bertz CT molecular complexity index is 1380. The smallest absolute Gasteiger partial charge is 0.305 e. The summed E-state index contributed by atoms with van der Waals surface area (Å²) >= 11 is 2.12. The van der Waals surface area contributed by atoms with Crippen molar-refractivity contribution in [2.75, 3.05) is 11.5 Å². The number of nitro benzene ring substituents is 1. The van der Waals surface area contributed by atoms with E-state index in [0.29, 0.717) is 22.1 Å². The summed E-state index contributed by atoms with van der Waals surface area (Å²) in [6.07, 6.45) is 0. The van der Waals surface area contributed by atoms with Crippen LogP contribution in [-0.4, -0.2) is 38.7 Å². The Balaban J connectivity index is 1.61. The molecule has 0 bridgehead atoms. The molecule has 2 N–H and O–H groups in total. The molecule has 1 saturated heterocycles. The lowest BCUT2D eigenvalue weighted by molar-refractivity contribution is -0.384. The number of anilines is 1. The summed E-state index contributed by atoms with van der Waals surface area (Å²) < 4.78 is 5.50. The molecular weight excluding hydrogens is 482 g/mol. The number of H-pyrrole nitrogens is 1. The summed E-state index contributed by atoms with van der Waals surface area (Å²) in [6, 6.07) is 9.96. The molecule has 3 heterocycles. The molecular formula is C22H17N3O7S2. The highest BCUT2D eigenvalue weighted by molar-refractivity contribution is 8.00. The summed E-state index contributed by atoms with van der Waals surface area (Å²) in [5.74, 6) is -2.17. The van der Waals surface area contributed by atoms with Gasteiger partial charge in [0.15, 0.2) is 11.5 Å². The van der Waals surface area contributed by atoms with Crippen molar-refractivity contribution in [3.63, 3.8) is 0 Å². The Morgan fingerprint density at radius 1 is 1.15 bits per heavy atom. The summed E-state index contributed by atoms with van der Waals surface area (Å²) in [5, 5.41) is 20.9. The lowest BCUT2D eigenvalue weighted by Gasteiger charge is -2.30. The fraction of sp³-hybridized carbons (Fsp3) is 0.227. The van der Waals surface area contributed by atoms with Gasteiger partial charge < -0.3 is 14.8 Å². The molecule has 0 saturated carbocycles. The number of aromatic hydroxyl groups is 1. The number of fused-ring (bicyclic) bond motifs is 2. The Labute approximate surface area is 200 Å². The number of carbonyl (C=O) groups excluding carboxylic acids is 2. The highest BCUT2D eigenvalue weighted by Crippen LogP contribution is 2.53. The van der Waals surface area contributed by atoms with E-state index in [-0.39, 0.29) is 27.7 Å². The van der Waals surface area contributed by atoms with E-state index < -0.39 is 33.8 Å². The highest BCUT2D eigenvalue weighted by atomic mass is 32.2. The third-order valence-electron chi connectivity index (χ3n) is 5.79. The maximum absolute atomic E-state index is 13.6. The van der Waals surface area contributed by atoms with Crippen LogP contribution in [0.1, 0.15) is 23.3 Å². The number of ether oxygens (including phenoxy) is 1. The fourth-order valence-electron chi connectivity index (χ4n) is 4.35. The molecule has 1 aromatic heterocycles. The van der Waals surface area contributed by atoms with E-state index in [1.54, 1.807) is 19.1 Å². The fourth-order valence-corrected chi connectivity index (χ4v) is 6.86. The topological polar surface area (TPSA) is 143 Å². The van der Waals surface area contributed by atoms with Gasteiger partial charge >= 0.3 is 4.87 Å². The standard InChI is InChI=1S/C22H17N3O7S2/c1-2-32-14-9-10(3-8-13(14)26)15-16-18(33-19-17(15)34-22(29)23-19)21(28)24(20(16)27)11-4-6-12(7-5-11)25(30)31/h3-9,15-16,18,26H,2H2,1H3,(H,23,29)/t15-,16?,18?/m1/s1. The Morgan fingerprint density at radius 2 is 1.88 bits per heavy atom. The van der Waals surface area contributed by atoms with Crippen LogP contribution < -0.4 is 14.5 Å². The molecule has 12 heteroatoms. The van der Waals surface area contributed by atoms with Crippen LogP contribution in [0.15, 0.2) is 52.3 Å². The first-order valence-corrected chi connectivity index (χ1v) is 12.0. The van der Waals surface area contributed by atoms with Crippen LogP contribution in [-0.2, 0) is 9.59 Å². The van der Waals surface area contributed by atoms with Crippen LogP contribution in [0.5, 0.6) is 11.5 Å². The van der Waals surface area contributed by atoms with E-state index in [0.717, 1.165) is 28.0 Å². The van der Waals surface area contributed by atoms with Crippen molar-refractivity contribution < 1.29 is 24.4 Å². The van der Waals surface area contributed by atoms with Crippen molar-refractivity contribution in [2.45, 2.75) is 23.1 Å². The maximum Gasteiger partial charge on any atom is 0.305 e. The largest absolute Gasteiger partial charge is 0.504 e. The minimum atomic E-state index is -0.814. The number of nitrogens with one attached hydrogen (secondary N) is 1. The van der Waals surface area contributed by atoms with Crippen LogP contribution in [0.25, 0.3) is 0 Å². The molecule has 2 amide bonds. The normalized spacial score (nSPS) is 21.3. The summed E-state index contributed by atoms with van der Waals surface area (Å²) in [4.78, 5) is 53.8. The van der Waals surface area contributed by atoms with Gasteiger partial charge in [0.2, 0.25) is 11.8 Å². The quantitative estimate of drug-likeness (QED) is 0.309. The number of nitrogens with zero attached hydrogens (tertiary/aromatic N) is 2. The third kappa shape index (κ3) is 3.46. The number of amides is 2. The Kier molecular flexibility index (Phi) is 5.41. The number of hydrogen-bond acceptors (Lipinski definition) is 9. The molecule has 2 aliphatic rings. The van der Waals surface area contributed by atoms with Crippen LogP contribution in [0.3, 0.4) is 0 Å². The maximum atomic E-state index is 13.6. The number of benzene rings is 2. The van der Waals surface area contributed by atoms with E-state index in [2.05, 4.69) is 4.98 Å². The van der Waals surface area contributed by atoms with Gasteiger partial charge in [-0.05, 0) is 36.8 Å². The van der Waals surface area contributed by atoms with Crippen molar-refractivity contribution in [2.24, 2.45) is 5.92 Å². The van der Waals surface area contributed by atoms with Crippen LogP contribution in [0, 0.1) is 16.0 Å². The first-order valence-electron chi connectivity index (χ1n) is 10.3. The second-order valence-electron chi connectivity index (χ2n) is 7.70. The van der Waals surface area contributed by atoms with Crippen molar-refractivity contribution >= 4 is 46.3 Å². The number of thiazole rings is 1. The van der Waals surface area contributed by atoms with E-state index in [1.165, 1.54) is 30.3 Å². The van der Waals surface area contributed by atoms with Crippen molar-refractivity contribution in [1.82, 2.24) is 4.98 Å². The van der Waals surface area contributed by atoms with Gasteiger partial charge in [0.25, 0.3) is 5.69 Å². The van der Waals surface area contributed by atoms with E-state index >= 15 is 0 Å². The molecule has 0 aliphatic carbocycles. The molecule has 174 valence electrons. The number of phenols is 1. The number of non-ortho nitro benzene ring substituents is 1. The number of rotatable bonds is 5. The second kappa shape index (κ2) is 8.29. The van der Waals surface area contributed by atoms with Crippen LogP contribution in [0.4, 0.5) is 11.4 Å².